The van der Waals surface area contributed by atoms with Crippen LogP contribution >= 0.6 is 11.8 Å². The lowest BCUT2D eigenvalue weighted by Gasteiger charge is -2.13. The van der Waals surface area contributed by atoms with Gasteiger partial charge in [-0.2, -0.15) is 5.10 Å². The van der Waals surface area contributed by atoms with Gasteiger partial charge in [0.2, 0.25) is 0 Å². The molecule has 2 radical (unpaired) electrons. The Morgan fingerprint density at radius 3 is 2.67 bits per heavy atom. The summed E-state index contributed by atoms with van der Waals surface area (Å²) in [4.78, 5) is 14.8. The molecule has 0 aromatic rings. The second-order valence-electron chi connectivity index (χ2n) is 3.38. The zero-order valence-corrected chi connectivity index (χ0v) is 10.4. The molecule has 0 aliphatic heterocycles. The first-order chi connectivity index (χ1) is 6.99. The van der Waals surface area contributed by atoms with Gasteiger partial charge in [0.15, 0.2) is 0 Å². The number of rotatable bonds is 5. The van der Waals surface area contributed by atoms with E-state index in [9.17, 15) is 4.79 Å². The molecule has 0 aliphatic carbocycles. The minimum atomic E-state index is -0.0695. The van der Waals surface area contributed by atoms with Crippen LogP contribution in [0.25, 0.3) is 0 Å². The van der Waals surface area contributed by atoms with Crippen molar-refractivity contribution in [2.24, 2.45) is 15.9 Å². The summed E-state index contributed by atoms with van der Waals surface area (Å²) in [7, 11) is 6.55. The normalized spacial score (nSPS) is 12.5. The highest BCUT2D eigenvalue weighted by Gasteiger charge is 2.08. The zero-order valence-electron chi connectivity index (χ0n) is 9.60. The predicted molar refractivity (Wildman–Crippen MR) is 67.4 cm³/mol. The van der Waals surface area contributed by atoms with Crippen molar-refractivity contribution in [2.75, 3.05) is 12.8 Å². The highest BCUT2D eigenvalue weighted by molar-refractivity contribution is 8.12. The van der Waals surface area contributed by atoms with E-state index >= 15 is 0 Å². The van der Waals surface area contributed by atoms with Gasteiger partial charge in [0.1, 0.15) is 0 Å². The van der Waals surface area contributed by atoms with Crippen molar-refractivity contribution in [2.45, 2.75) is 20.8 Å². The summed E-state index contributed by atoms with van der Waals surface area (Å²) in [6.07, 6.45) is 0. The third-order valence-corrected chi connectivity index (χ3v) is 2.53. The number of hydrogen-bond acceptors (Lipinski definition) is 4. The van der Waals surface area contributed by atoms with Gasteiger partial charge >= 0.3 is 0 Å². The molecule has 0 atom stereocenters. The number of carbonyl (C=O) groups is 1. The van der Waals surface area contributed by atoms with Crippen LogP contribution in [0.4, 0.5) is 0 Å². The Morgan fingerprint density at radius 2 is 2.20 bits per heavy atom. The monoisotopic (exact) mass is 225 g/mol. The smallest absolute Gasteiger partial charge is 0.260 e. The molecule has 0 heterocycles. The van der Waals surface area contributed by atoms with Gasteiger partial charge in [0, 0.05) is 18.3 Å². The first-order valence-corrected chi connectivity index (χ1v) is 5.69. The van der Waals surface area contributed by atoms with Gasteiger partial charge in [-0.25, -0.2) is 5.01 Å². The molecule has 4 nitrogen and oxygen atoms in total. The number of amides is 1. The fourth-order valence-corrected chi connectivity index (χ4v) is 1.14. The molecular formula is C9H16BN3OS. The maximum absolute atomic E-state index is 11.5. The van der Waals surface area contributed by atoms with Crippen LogP contribution in [0.5, 0.6) is 0 Å². The number of nitrogens with zero attached hydrogens (tertiary/aromatic N) is 3. The van der Waals surface area contributed by atoms with Crippen molar-refractivity contribution in [1.82, 2.24) is 5.01 Å². The van der Waals surface area contributed by atoms with Crippen LogP contribution in [0.2, 0.25) is 0 Å². The van der Waals surface area contributed by atoms with Gasteiger partial charge in [-0.3, -0.25) is 4.79 Å². The second kappa shape index (κ2) is 7.51. The standard InChI is InChI=1S/C9H16BN3OS/c1-7(2)8(3)12-13(4)9(14)5-15-6-11-10/h6-7H,5H2,1-4H3/b11-6-,12-8+. The van der Waals surface area contributed by atoms with Gasteiger partial charge in [-0.1, -0.05) is 13.8 Å². The highest BCUT2D eigenvalue weighted by atomic mass is 32.2. The van der Waals surface area contributed by atoms with Crippen LogP contribution in [0.1, 0.15) is 20.8 Å². The lowest BCUT2D eigenvalue weighted by atomic mass is 10.1. The van der Waals surface area contributed by atoms with E-state index in [0.717, 1.165) is 5.71 Å². The van der Waals surface area contributed by atoms with Crippen molar-refractivity contribution in [3.05, 3.63) is 0 Å². The van der Waals surface area contributed by atoms with Crippen molar-refractivity contribution < 1.29 is 4.79 Å². The molecule has 0 N–H and O–H groups in total. The average molecular weight is 225 g/mol. The van der Waals surface area contributed by atoms with E-state index in [1.165, 1.54) is 22.3 Å². The molecule has 0 aromatic carbocycles. The number of thioether (sulfide) groups is 1. The molecule has 0 rings (SSSR count). The van der Waals surface area contributed by atoms with E-state index in [4.69, 9.17) is 7.98 Å². The SMILES string of the molecule is [B]/N=C\SCC(=O)N(C)/N=C(\C)C(C)C. The summed E-state index contributed by atoms with van der Waals surface area (Å²) >= 11 is 1.25. The van der Waals surface area contributed by atoms with Crippen LogP contribution in [0.3, 0.4) is 0 Å². The summed E-state index contributed by atoms with van der Waals surface area (Å²) < 4.78 is 0. The molecule has 1 amide bonds. The van der Waals surface area contributed by atoms with E-state index in [-0.39, 0.29) is 5.91 Å². The quantitative estimate of drug-likeness (QED) is 0.306. The lowest BCUT2D eigenvalue weighted by molar-refractivity contribution is -0.127. The molecule has 0 aliphatic rings. The van der Waals surface area contributed by atoms with E-state index in [1.807, 2.05) is 20.8 Å². The Kier molecular flexibility index (Phi) is 7.12. The summed E-state index contributed by atoms with van der Waals surface area (Å²) in [5.74, 6) is 0.574. The summed E-state index contributed by atoms with van der Waals surface area (Å²) in [5, 5.41) is 5.52. The minimum Gasteiger partial charge on any atom is -0.358 e. The molecule has 0 aromatic heterocycles. The van der Waals surface area contributed by atoms with Crippen LogP contribution in [0.15, 0.2) is 10.0 Å². The third kappa shape index (κ3) is 6.33. The van der Waals surface area contributed by atoms with Gasteiger partial charge in [0.05, 0.1) is 5.75 Å². The molecule has 0 fully saturated rings. The van der Waals surface area contributed by atoms with E-state index < -0.39 is 0 Å². The Hall–Kier alpha value is -0.775. The van der Waals surface area contributed by atoms with E-state index in [1.54, 1.807) is 7.05 Å². The van der Waals surface area contributed by atoms with Gasteiger partial charge in [0.25, 0.3) is 13.9 Å². The van der Waals surface area contributed by atoms with Crippen LogP contribution in [-0.2, 0) is 4.79 Å². The third-order valence-electron chi connectivity index (χ3n) is 1.85. The maximum Gasteiger partial charge on any atom is 0.260 e. The lowest BCUT2D eigenvalue weighted by Crippen LogP contribution is -2.25. The maximum atomic E-state index is 11.5. The van der Waals surface area contributed by atoms with Crippen LogP contribution in [0, 0.1) is 5.92 Å². The first-order valence-electron chi connectivity index (χ1n) is 4.64. The Bertz CT molecular complexity index is 266. The fraction of sp³-hybridized carbons (Fsp3) is 0.667. The fourth-order valence-electron chi connectivity index (χ4n) is 0.653. The van der Waals surface area contributed by atoms with Crippen LogP contribution < -0.4 is 0 Å². The summed E-state index contributed by atoms with van der Waals surface area (Å²) in [6.45, 7) is 5.98. The molecule has 0 saturated heterocycles. The van der Waals surface area contributed by atoms with Crippen molar-refractivity contribution in [1.29, 1.82) is 0 Å². The Balaban J connectivity index is 4.15. The van der Waals surface area contributed by atoms with Gasteiger partial charge in [-0.15, -0.1) is 11.8 Å². The number of carbonyl (C=O) groups excluding carboxylic acids is 1. The first kappa shape index (κ1) is 14.2. The molecule has 0 unspecified atom stereocenters. The number of hydrogen-bond donors (Lipinski definition) is 0. The molecule has 0 saturated carbocycles. The Labute approximate surface area is 96.6 Å². The molecule has 0 spiro atoms. The van der Waals surface area contributed by atoms with Crippen molar-refractivity contribution >= 4 is 36.9 Å². The van der Waals surface area contributed by atoms with Crippen molar-refractivity contribution in [3.8, 4) is 0 Å². The summed E-state index contributed by atoms with van der Waals surface area (Å²) in [5.41, 5.74) is 2.37. The van der Waals surface area contributed by atoms with E-state index in [2.05, 4.69) is 10.0 Å². The predicted octanol–water partition coefficient (Wildman–Crippen LogP) is 1.32. The summed E-state index contributed by atoms with van der Waals surface area (Å²) in [6, 6.07) is 0. The average Bonchev–Trinajstić information content (AvgIpc) is 2.17. The van der Waals surface area contributed by atoms with Crippen LogP contribution in [-0.4, -0.2) is 43.0 Å². The molecule has 0 bridgehead atoms. The molecule has 82 valence electrons. The molecule has 15 heavy (non-hydrogen) atoms. The molecule has 6 heteroatoms. The van der Waals surface area contributed by atoms with Crippen molar-refractivity contribution in [3.63, 3.8) is 0 Å². The topological polar surface area (TPSA) is 45.0 Å². The van der Waals surface area contributed by atoms with Gasteiger partial charge < -0.3 is 4.90 Å². The second-order valence-corrected chi connectivity index (χ2v) is 4.21. The van der Waals surface area contributed by atoms with E-state index in [0.29, 0.717) is 11.7 Å². The highest BCUT2D eigenvalue weighted by Crippen LogP contribution is 2.01. The molecular weight excluding hydrogens is 209 g/mol. The Morgan fingerprint density at radius 1 is 1.60 bits per heavy atom. The number of hydrazone groups is 1. The van der Waals surface area contributed by atoms with Gasteiger partial charge in [-0.05, 0) is 12.8 Å². The zero-order chi connectivity index (χ0) is 11.8. The minimum absolute atomic E-state index is 0.0695. The largest absolute Gasteiger partial charge is 0.358 e.